The average Bonchev–Trinajstić information content (AvgIpc) is 2.45. The maximum atomic E-state index is 13.6. The van der Waals surface area contributed by atoms with Crippen LogP contribution in [0.4, 0.5) is 13.2 Å². The van der Waals surface area contributed by atoms with E-state index in [-0.39, 0.29) is 6.54 Å². The molecule has 1 aliphatic rings. The number of nitrogens with one attached hydrogen (secondary N) is 1. The van der Waals surface area contributed by atoms with Crippen LogP contribution in [0.5, 0.6) is 0 Å². The molecule has 0 spiro atoms. The predicted octanol–water partition coefficient (Wildman–Crippen LogP) is 2.71. The average molecular weight is 327 g/mol. The number of thiocarbonyl (C=S) groups is 1. The Labute approximate surface area is 132 Å². The van der Waals surface area contributed by atoms with Crippen molar-refractivity contribution >= 4 is 17.3 Å². The van der Waals surface area contributed by atoms with Gasteiger partial charge in [0, 0.05) is 12.7 Å². The smallest absolute Gasteiger partial charge is 0.376 e. The SMILES string of the molecule is NC(=S)NC1(C(F)(F)F)C=CC=CN1CCc1ccccc1. The molecule has 0 saturated carbocycles. The number of alkyl halides is 3. The van der Waals surface area contributed by atoms with E-state index < -0.39 is 17.0 Å². The number of allylic oxidation sites excluding steroid dienone is 2. The van der Waals surface area contributed by atoms with Crippen LogP contribution in [0.2, 0.25) is 0 Å². The van der Waals surface area contributed by atoms with Crippen molar-refractivity contribution in [3.05, 3.63) is 60.3 Å². The van der Waals surface area contributed by atoms with Crippen molar-refractivity contribution in [2.24, 2.45) is 5.73 Å². The van der Waals surface area contributed by atoms with E-state index in [4.69, 9.17) is 5.73 Å². The van der Waals surface area contributed by atoms with Gasteiger partial charge in [0.25, 0.3) is 0 Å². The molecule has 1 aromatic rings. The second kappa shape index (κ2) is 6.39. The second-order valence-corrected chi connectivity index (χ2v) is 5.32. The lowest BCUT2D eigenvalue weighted by atomic mass is 10.0. The van der Waals surface area contributed by atoms with Crippen LogP contribution in [-0.2, 0) is 6.42 Å². The first-order valence-electron chi connectivity index (χ1n) is 6.66. The second-order valence-electron chi connectivity index (χ2n) is 4.88. The molecule has 0 amide bonds. The molecule has 0 fully saturated rings. The molecule has 7 heteroatoms. The largest absolute Gasteiger partial charge is 0.434 e. The zero-order valence-corrected chi connectivity index (χ0v) is 12.5. The number of nitrogens with two attached hydrogens (primary N) is 1. The van der Waals surface area contributed by atoms with E-state index in [0.29, 0.717) is 6.42 Å². The van der Waals surface area contributed by atoms with Gasteiger partial charge in [0.1, 0.15) is 0 Å². The normalized spacial score (nSPS) is 21.0. The number of rotatable bonds is 4. The summed E-state index contributed by atoms with van der Waals surface area (Å²) in [7, 11) is 0. The number of benzene rings is 1. The van der Waals surface area contributed by atoms with Gasteiger partial charge in [-0.1, -0.05) is 36.4 Å². The van der Waals surface area contributed by atoms with E-state index in [1.165, 1.54) is 17.2 Å². The Balaban J connectivity index is 2.24. The molecule has 1 aromatic carbocycles. The van der Waals surface area contributed by atoms with Crippen molar-refractivity contribution in [1.82, 2.24) is 10.2 Å². The number of hydrogen-bond acceptors (Lipinski definition) is 2. The van der Waals surface area contributed by atoms with Crippen molar-refractivity contribution in [2.45, 2.75) is 18.3 Å². The fourth-order valence-corrected chi connectivity index (χ4v) is 2.49. The molecule has 118 valence electrons. The van der Waals surface area contributed by atoms with E-state index in [1.807, 2.05) is 30.3 Å². The zero-order chi connectivity index (χ0) is 16.2. The van der Waals surface area contributed by atoms with Gasteiger partial charge in [0.05, 0.1) is 0 Å². The predicted molar refractivity (Wildman–Crippen MR) is 83.8 cm³/mol. The number of nitrogens with zero attached hydrogens (tertiary/aromatic N) is 1. The summed E-state index contributed by atoms with van der Waals surface area (Å²) in [4.78, 5) is 1.17. The fraction of sp³-hybridized carbons (Fsp3) is 0.267. The molecule has 1 unspecified atom stereocenters. The highest BCUT2D eigenvalue weighted by atomic mass is 32.1. The highest BCUT2D eigenvalue weighted by Gasteiger charge is 2.57. The van der Waals surface area contributed by atoms with E-state index in [9.17, 15) is 13.2 Å². The van der Waals surface area contributed by atoms with E-state index in [2.05, 4.69) is 17.5 Å². The minimum Gasteiger partial charge on any atom is -0.376 e. The summed E-state index contributed by atoms with van der Waals surface area (Å²) in [6.45, 7) is 0.167. The summed E-state index contributed by atoms with van der Waals surface area (Å²) < 4.78 is 40.9. The third-order valence-electron chi connectivity index (χ3n) is 3.40. The lowest BCUT2D eigenvalue weighted by molar-refractivity contribution is -0.213. The molecule has 3 nitrogen and oxygen atoms in total. The summed E-state index contributed by atoms with van der Waals surface area (Å²) in [5.74, 6) is 0. The van der Waals surface area contributed by atoms with E-state index in [1.54, 1.807) is 6.08 Å². The summed E-state index contributed by atoms with van der Waals surface area (Å²) in [6, 6.07) is 9.32. The summed E-state index contributed by atoms with van der Waals surface area (Å²) in [5.41, 5.74) is 3.85. The van der Waals surface area contributed by atoms with Gasteiger partial charge in [0.2, 0.25) is 5.66 Å². The van der Waals surface area contributed by atoms with Gasteiger partial charge < -0.3 is 16.0 Å². The lowest BCUT2D eigenvalue weighted by Crippen LogP contribution is -2.67. The fourth-order valence-electron chi connectivity index (χ4n) is 2.34. The molecule has 1 atom stereocenters. The van der Waals surface area contributed by atoms with E-state index >= 15 is 0 Å². The molecule has 3 N–H and O–H groups in total. The van der Waals surface area contributed by atoms with Gasteiger partial charge in [-0.15, -0.1) is 0 Å². The van der Waals surface area contributed by atoms with Crippen LogP contribution in [0.1, 0.15) is 5.56 Å². The van der Waals surface area contributed by atoms with Crippen molar-refractivity contribution in [1.29, 1.82) is 0 Å². The Kier molecular flexibility index (Phi) is 4.75. The van der Waals surface area contributed by atoms with Crippen LogP contribution in [0.3, 0.4) is 0 Å². The zero-order valence-electron chi connectivity index (χ0n) is 11.7. The third-order valence-corrected chi connectivity index (χ3v) is 3.50. The summed E-state index contributed by atoms with van der Waals surface area (Å²) in [6.07, 6.45) is 1.19. The van der Waals surface area contributed by atoms with Gasteiger partial charge in [-0.2, -0.15) is 13.2 Å². The molecule has 22 heavy (non-hydrogen) atoms. The third kappa shape index (κ3) is 3.41. The summed E-state index contributed by atoms with van der Waals surface area (Å²) >= 11 is 4.63. The Morgan fingerprint density at radius 2 is 1.91 bits per heavy atom. The van der Waals surface area contributed by atoms with Gasteiger partial charge >= 0.3 is 6.18 Å². The Hall–Kier alpha value is -2.02. The Morgan fingerprint density at radius 1 is 1.23 bits per heavy atom. The maximum Gasteiger partial charge on any atom is 0.434 e. The Morgan fingerprint density at radius 3 is 2.50 bits per heavy atom. The van der Waals surface area contributed by atoms with E-state index in [0.717, 1.165) is 11.6 Å². The van der Waals surface area contributed by atoms with Crippen LogP contribution in [0.25, 0.3) is 0 Å². The first-order valence-corrected chi connectivity index (χ1v) is 7.07. The van der Waals surface area contributed by atoms with Gasteiger partial charge in [-0.05, 0) is 36.4 Å². The molecule has 1 aliphatic heterocycles. The monoisotopic (exact) mass is 327 g/mol. The first-order chi connectivity index (χ1) is 10.3. The van der Waals surface area contributed by atoms with Crippen LogP contribution < -0.4 is 11.1 Å². The standard InChI is InChI=1S/C15H16F3N3S/c16-15(17,18)14(20-13(19)22)9-4-5-10-21(14)11-8-12-6-2-1-3-7-12/h1-7,9-10H,8,11H2,(H3,19,20,22). The first kappa shape index (κ1) is 16.4. The van der Waals surface area contributed by atoms with Gasteiger partial charge in [-0.3, -0.25) is 0 Å². The Bertz CT molecular complexity index is 583. The minimum atomic E-state index is -4.58. The quantitative estimate of drug-likeness (QED) is 0.835. The molecular formula is C15H16F3N3S. The molecule has 1 heterocycles. The minimum absolute atomic E-state index is 0.167. The van der Waals surface area contributed by atoms with Gasteiger partial charge in [0.15, 0.2) is 5.11 Å². The highest BCUT2D eigenvalue weighted by Crippen LogP contribution is 2.36. The number of hydrogen-bond donors (Lipinski definition) is 2. The molecular weight excluding hydrogens is 311 g/mol. The van der Waals surface area contributed by atoms with Crippen LogP contribution in [-0.4, -0.2) is 28.4 Å². The van der Waals surface area contributed by atoms with Crippen LogP contribution >= 0.6 is 12.2 Å². The van der Waals surface area contributed by atoms with Crippen molar-refractivity contribution < 1.29 is 13.2 Å². The topological polar surface area (TPSA) is 41.3 Å². The van der Waals surface area contributed by atoms with Crippen molar-refractivity contribution in [2.75, 3.05) is 6.54 Å². The highest BCUT2D eigenvalue weighted by molar-refractivity contribution is 7.80. The molecule has 0 aliphatic carbocycles. The van der Waals surface area contributed by atoms with Crippen LogP contribution in [0, 0.1) is 0 Å². The molecule has 0 bridgehead atoms. The molecule has 0 saturated heterocycles. The van der Waals surface area contributed by atoms with Gasteiger partial charge in [-0.25, -0.2) is 0 Å². The summed E-state index contributed by atoms with van der Waals surface area (Å²) in [5, 5.41) is 1.79. The van der Waals surface area contributed by atoms with Crippen LogP contribution in [0.15, 0.2) is 54.8 Å². The van der Waals surface area contributed by atoms with Crippen molar-refractivity contribution in [3.63, 3.8) is 0 Å². The molecule has 0 aromatic heterocycles. The van der Waals surface area contributed by atoms with Crippen molar-refractivity contribution in [3.8, 4) is 0 Å². The molecule has 0 radical (unpaired) electrons. The molecule has 2 rings (SSSR count). The maximum absolute atomic E-state index is 13.6. The lowest BCUT2D eigenvalue weighted by Gasteiger charge is -2.44. The number of halogens is 3.